The molecule has 2 N–H and O–H groups in total. The number of rotatable bonds is 6. The van der Waals surface area contributed by atoms with E-state index in [4.69, 9.17) is 9.72 Å². The van der Waals surface area contributed by atoms with Crippen molar-refractivity contribution in [2.75, 3.05) is 25.1 Å². The molecule has 1 aliphatic carbocycles. The van der Waals surface area contributed by atoms with E-state index in [0.29, 0.717) is 30.5 Å². The van der Waals surface area contributed by atoms with E-state index in [0.717, 1.165) is 69.0 Å². The molecule has 0 unspecified atom stereocenters. The van der Waals surface area contributed by atoms with Crippen molar-refractivity contribution in [3.8, 4) is 0 Å². The standard InChI is InChI=1S/C22H32N4O3/c1-2-3-10-23-22-24-13-18-20(25-22)19(15-4-6-17(27)7-5-15)14-26(21(18)28)16-8-11-29-12-9-16/h13-17,27H,2-12H2,1H3,(H,23,24,25). The molecule has 0 radical (unpaired) electrons. The minimum Gasteiger partial charge on any atom is -0.393 e. The molecule has 158 valence electrons. The maximum atomic E-state index is 13.3. The zero-order valence-corrected chi connectivity index (χ0v) is 17.3. The molecule has 0 bridgehead atoms. The number of anilines is 1. The van der Waals surface area contributed by atoms with Crippen LogP contribution in [0.25, 0.3) is 10.9 Å². The van der Waals surface area contributed by atoms with E-state index in [1.807, 2.05) is 10.8 Å². The number of unbranched alkanes of at least 4 members (excludes halogenated alkanes) is 1. The van der Waals surface area contributed by atoms with Gasteiger partial charge in [0.15, 0.2) is 0 Å². The van der Waals surface area contributed by atoms with Crippen LogP contribution in [0.1, 0.15) is 75.8 Å². The third kappa shape index (κ3) is 4.46. The second-order valence-corrected chi connectivity index (χ2v) is 8.38. The number of fused-ring (bicyclic) bond motifs is 1. The summed E-state index contributed by atoms with van der Waals surface area (Å²) in [6.45, 7) is 4.36. The molecule has 4 rings (SSSR count). The lowest BCUT2D eigenvalue weighted by molar-refractivity contribution is 0.0686. The van der Waals surface area contributed by atoms with Crippen molar-refractivity contribution >= 4 is 16.9 Å². The normalized spacial score (nSPS) is 23.4. The Morgan fingerprint density at radius 3 is 2.69 bits per heavy atom. The number of pyridine rings is 1. The summed E-state index contributed by atoms with van der Waals surface area (Å²) in [6, 6.07) is 0.163. The van der Waals surface area contributed by atoms with Gasteiger partial charge in [0.1, 0.15) is 0 Å². The van der Waals surface area contributed by atoms with Crippen molar-refractivity contribution in [1.82, 2.24) is 14.5 Å². The molecular formula is C22H32N4O3. The molecule has 2 fully saturated rings. The van der Waals surface area contributed by atoms with Crippen LogP contribution in [-0.2, 0) is 4.74 Å². The highest BCUT2D eigenvalue weighted by Gasteiger charge is 2.26. The summed E-state index contributed by atoms with van der Waals surface area (Å²) in [4.78, 5) is 22.5. The Morgan fingerprint density at radius 1 is 1.21 bits per heavy atom. The minimum absolute atomic E-state index is 0.00778. The molecular weight excluding hydrogens is 368 g/mol. The number of ether oxygens (including phenoxy) is 1. The lowest BCUT2D eigenvalue weighted by Gasteiger charge is -2.29. The van der Waals surface area contributed by atoms with Crippen molar-refractivity contribution in [3.63, 3.8) is 0 Å². The topological polar surface area (TPSA) is 89.3 Å². The summed E-state index contributed by atoms with van der Waals surface area (Å²) in [5, 5.41) is 13.8. The van der Waals surface area contributed by atoms with Crippen LogP contribution in [-0.4, -0.2) is 45.5 Å². The average Bonchev–Trinajstić information content (AvgIpc) is 2.76. The SMILES string of the molecule is CCCCNc1ncc2c(=O)n(C3CCOCC3)cc(C3CCC(O)CC3)c2n1. The van der Waals surface area contributed by atoms with Gasteiger partial charge in [0.25, 0.3) is 5.56 Å². The maximum Gasteiger partial charge on any atom is 0.261 e. The molecule has 2 aliphatic rings. The zero-order chi connectivity index (χ0) is 20.2. The van der Waals surface area contributed by atoms with Crippen LogP contribution in [0.3, 0.4) is 0 Å². The van der Waals surface area contributed by atoms with Gasteiger partial charge in [0.2, 0.25) is 5.95 Å². The molecule has 2 aromatic rings. The third-order valence-electron chi connectivity index (χ3n) is 6.34. The predicted molar refractivity (Wildman–Crippen MR) is 114 cm³/mol. The summed E-state index contributed by atoms with van der Waals surface area (Å²) in [5.74, 6) is 0.900. The van der Waals surface area contributed by atoms with Gasteiger partial charge in [-0.3, -0.25) is 4.79 Å². The van der Waals surface area contributed by atoms with E-state index >= 15 is 0 Å². The first-order chi connectivity index (χ1) is 14.2. The summed E-state index contributed by atoms with van der Waals surface area (Å²) in [7, 11) is 0. The van der Waals surface area contributed by atoms with Crippen LogP contribution in [0.2, 0.25) is 0 Å². The van der Waals surface area contributed by atoms with Gasteiger partial charge in [0.05, 0.1) is 17.0 Å². The van der Waals surface area contributed by atoms with Crippen molar-refractivity contribution in [2.24, 2.45) is 0 Å². The maximum absolute atomic E-state index is 13.3. The highest BCUT2D eigenvalue weighted by molar-refractivity contribution is 5.81. The zero-order valence-electron chi connectivity index (χ0n) is 17.3. The average molecular weight is 401 g/mol. The van der Waals surface area contributed by atoms with Gasteiger partial charge in [-0.05, 0) is 56.4 Å². The molecule has 7 nitrogen and oxygen atoms in total. The van der Waals surface area contributed by atoms with Gasteiger partial charge >= 0.3 is 0 Å². The first-order valence-corrected chi connectivity index (χ1v) is 11.1. The fourth-order valence-corrected chi connectivity index (χ4v) is 4.55. The van der Waals surface area contributed by atoms with E-state index in [1.54, 1.807) is 6.20 Å². The van der Waals surface area contributed by atoms with Crippen molar-refractivity contribution < 1.29 is 9.84 Å². The summed E-state index contributed by atoms with van der Waals surface area (Å²) < 4.78 is 7.39. The largest absolute Gasteiger partial charge is 0.393 e. The molecule has 0 amide bonds. The lowest BCUT2D eigenvalue weighted by atomic mass is 9.82. The van der Waals surface area contributed by atoms with Crippen LogP contribution in [0.5, 0.6) is 0 Å². The van der Waals surface area contributed by atoms with Crippen molar-refractivity contribution in [1.29, 1.82) is 0 Å². The Balaban J connectivity index is 1.77. The number of hydrogen-bond donors (Lipinski definition) is 2. The summed E-state index contributed by atoms with van der Waals surface area (Å²) in [5.41, 5.74) is 1.89. The number of hydrogen-bond acceptors (Lipinski definition) is 6. The third-order valence-corrected chi connectivity index (χ3v) is 6.34. The highest BCUT2D eigenvalue weighted by atomic mass is 16.5. The number of aliphatic hydroxyl groups is 1. The lowest BCUT2D eigenvalue weighted by Crippen LogP contribution is -2.30. The smallest absolute Gasteiger partial charge is 0.261 e. The van der Waals surface area contributed by atoms with Gasteiger partial charge in [-0.1, -0.05) is 13.3 Å². The second kappa shape index (κ2) is 9.22. The highest BCUT2D eigenvalue weighted by Crippen LogP contribution is 2.36. The van der Waals surface area contributed by atoms with Gasteiger partial charge in [-0.2, -0.15) is 0 Å². The first kappa shape index (κ1) is 20.3. The molecule has 1 aliphatic heterocycles. The predicted octanol–water partition coefficient (Wildman–Crippen LogP) is 3.37. The second-order valence-electron chi connectivity index (χ2n) is 8.38. The summed E-state index contributed by atoms with van der Waals surface area (Å²) in [6.07, 6.45) is 10.8. The molecule has 3 heterocycles. The molecule has 1 saturated heterocycles. The number of aliphatic hydroxyl groups excluding tert-OH is 1. The van der Waals surface area contributed by atoms with Crippen LogP contribution >= 0.6 is 0 Å². The Labute approximate surface area is 171 Å². The minimum atomic E-state index is -0.209. The van der Waals surface area contributed by atoms with Crippen LogP contribution in [0.15, 0.2) is 17.2 Å². The monoisotopic (exact) mass is 400 g/mol. The molecule has 0 aromatic carbocycles. The van der Waals surface area contributed by atoms with Gasteiger partial charge < -0.3 is 19.7 Å². The Hall–Kier alpha value is -1.99. The van der Waals surface area contributed by atoms with Crippen LogP contribution in [0.4, 0.5) is 5.95 Å². The molecule has 0 atom stereocenters. The molecule has 29 heavy (non-hydrogen) atoms. The first-order valence-electron chi connectivity index (χ1n) is 11.1. The van der Waals surface area contributed by atoms with Crippen molar-refractivity contribution in [3.05, 3.63) is 28.3 Å². The summed E-state index contributed by atoms with van der Waals surface area (Å²) >= 11 is 0. The van der Waals surface area contributed by atoms with E-state index in [1.165, 1.54) is 0 Å². The fourth-order valence-electron chi connectivity index (χ4n) is 4.55. The van der Waals surface area contributed by atoms with E-state index < -0.39 is 0 Å². The fraction of sp³-hybridized carbons (Fsp3) is 0.682. The number of nitrogens with one attached hydrogen (secondary N) is 1. The van der Waals surface area contributed by atoms with E-state index in [-0.39, 0.29) is 17.7 Å². The molecule has 0 spiro atoms. The molecule has 1 saturated carbocycles. The Morgan fingerprint density at radius 2 is 1.97 bits per heavy atom. The number of aromatic nitrogens is 3. The van der Waals surface area contributed by atoms with Gasteiger partial charge in [-0.25, -0.2) is 9.97 Å². The van der Waals surface area contributed by atoms with E-state index in [2.05, 4.69) is 17.2 Å². The Kier molecular flexibility index (Phi) is 6.45. The number of nitrogens with zero attached hydrogens (tertiary/aromatic N) is 3. The van der Waals surface area contributed by atoms with Crippen molar-refractivity contribution in [2.45, 2.75) is 76.4 Å². The van der Waals surface area contributed by atoms with E-state index in [9.17, 15) is 9.90 Å². The molecule has 2 aromatic heterocycles. The van der Waals surface area contributed by atoms with Gasteiger partial charge in [0, 0.05) is 38.2 Å². The Bertz CT molecular complexity index is 883. The quantitative estimate of drug-likeness (QED) is 0.723. The van der Waals surface area contributed by atoms with Gasteiger partial charge in [-0.15, -0.1) is 0 Å². The van der Waals surface area contributed by atoms with Crippen LogP contribution in [0, 0.1) is 0 Å². The van der Waals surface area contributed by atoms with Crippen LogP contribution < -0.4 is 10.9 Å². The molecule has 7 heteroatoms.